The molecule has 0 N–H and O–H groups in total. The predicted molar refractivity (Wildman–Crippen MR) is 94.3 cm³/mol. The molecule has 24 heavy (non-hydrogen) atoms. The SMILES string of the molecule is CCS(=O)(=O)N1CCCN(C(=O)c2cc(Cl)cc(C)c2OC)CC1. The van der Waals surface area contributed by atoms with Gasteiger partial charge in [0.05, 0.1) is 18.4 Å². The number of halogens is 1. The van der Waals surface area contributed by atoms with Crippen LogP contribution in [0, 0.1) is 6.92 Å². The minimum absolute atomic E-state index is 0.0717. The van der Waals surface area contributed by atoms with Crippen molar-refractivity contribution in [3.63, 3.8) is 0 Å². The van der Waals surface area contributed by atoms with E-state index in [1.165, 1.54) is 11.4 Å². The molecule has 1 aliphatic rings. The van der Waals surface area contributed by atoms with Crippen LogP contribution in [-0.4, -0.2) is 62.6 Å². The van der Waals surface area contributed by atoms with Crippen molar-refractivity contribution >= 4 is 27.5 Å². The fourth-order valence-corrected chi connectivity index (χ4v) is 4.29. The molecule has 0 radical (unpaired) electrons. The number of amides is 1. The van der Waals surface area contributed by atoms with E-state index in [9.17, 15) is 13.2 Å². The molecule has 1 aliphatic heterocycles. The number of ether oxygens (including phenoxy) is 1. The van der Waals surface area contributed by atoms with Crippen LogP contribution in [0.25, 0.3) is 0 Å². The summed E-state index contributed by atoms with van der Waals surface area (Å²) >= 11 is 6.08. The second-order valence-electron chi connectivity index (χ2n) is 5.75. The molecule has 1 aromatic rings. The Morgan fingerprint density at radius 3 is 2.58 bits per heavy atom. The number of carbonyl (C=O) groups is 1. The third kappa shape index (κ3) is 4.02. The molecular formula is C16H23ClN2O4S. The van der Waals surface area contributed by atoms with Gasteiger partial charge in [-0.05, 0) is 38.0 Å². The number of sulfonamides is 1. The summed E-state index contributed by atoms with van der Waals surface area (Å²) in [6.45, 7) is 5.06. The van der Waals surface area contributed by atoms with E-state index in [0.717, 1.165) is 5.56 Å². The lowest BCUT2D eigenvalue weighted by Crippen LogP contribution is -2.38. The summed E-state index contributed by atoms with van der Waals surface area (Å²) in [5.41, 5.74) is 1.20. The van der Waals surface area contributed by atoms with Crippen LogP contribution in [-0.2, 0) is 10.0 Å². The average Bonchev–Trinajstić information content (AvgIpc) is 2.80. The Morgan fingerprint density at radius 2 is 1.96 bits per heavy atom. The molecule has 134 valence electrons. The maximum absolute atomic E-state index is 12.9. The van der Waals surface area contributed by atoms with Gasteiger partial charge in [0.25, 0.3) is 5.91 Å². The van der Waals surface area contributed by atoms with E-state index in [-0.39, 0.29) is 11.7 Å². The number of aryl methyl sites for hydroxylation is 1. The van der Waals surface area contributed by atoms with E-state index in [1.807, 2.05) is 6.92 Å². The van der Waals surface area contributed by atoms with Crippen LogP contribution in [0.15, 0.2) is 12.1 Å². The molecule has 0 unspecified atom stereocenters. The van der Waals surface area contributed by atoms with Gasteiger partial charge in [-0.2, -0.15) is 0 Å². The average molecular weight is 375 g/mol. The number of carbonyl (C=O) groups excluding carboxylic acids is 1. The van der Waals surface area contributed by atoms with Crippen LogP contribution in [0.3, 0.4) is 0 Å². The van der Waals surface area contributed by atoms with Crippen molar-refractivity contribution in [1.82, 2.24) is 9.21 Å². The van der Waals surface area contributed by atoms with Crippen molar-refractivity contribution in [2.75, 3.05) is 39.0 Å². The zero-order valence-electron chi connectivity index (χ0n) is 14.2. The molecule has 8 heteroatoms. The second kappa shape index (κ2) is 7.72. The Labute approximate surface area is 148 Å². The van der Waals surface area contributed by atoms with Gasteiger partial charge < -0.3 is 9.64 Å². The summed E-state index contributed by atoms with van der Waals surface area (Å²) < 4.78 is 30.9. The fourth-order valence-electron chi connectivity index (χ4n) is 2.89. The summed E-state index contributed by atoms with van der Waals surface area (Å²) in [6, 6.07) is 3.34. The van der Waals surface area contributed by atoms with E-state index < -0.39 is 10.0 Å². The minimum atomic E-state index is -3.24. The van der Waals surface area contributed by atoms with Gasteiger partial charge in [-0.3, -0.25) is 4.79 Å². The van der Waals surface area contributed by atoms with E-state index in [2.05, 4.69) is 0 Å². The summed E-state index contributed by atoms with van der Waals surface area (Å²) in [5, 5.41) is 0.474. The maximum Gasteiger partial charge on any atom is 0.257 e. The van der Waals surface area contributed by atoms with Crippen LogP contribution in [0.1, 0.15) is 29.3 Å². The van der Waals surface area contributed by atoms with Gasteiger partial charge in [0.15, 0.2) is 0 Å². The largest absolute Gasteiger partial charge is 0.496 e. The van der Waals surface area contributed by atoms with Gasteiger partial charge in [0, 0.05) is 31.2 Å². The van der Waals surface area contributed by atoms with Gasteiger partial charge in [-0.15, -0.1) is 0 Å². The monoisotopic (exact) mass is 374 g/mol. The van der Waals surface area contributed by atoms with Crippen molar-refractivity contribution in [3.8, 4) is 5.75 Å². The Hall–Kier alpha value is -1.31. The molecule has 1 heterocycles. The summed E-state index contributed by atoms with van der Waals surface area (Å²) in [5.74, 6) is 0.391. The van der Waals surface area contributed by atoms with Gasteiger partial charge in [0.1, 0.15) is 5.75 Å². The van der Waals surface area contributed by atoms with E-state index in [0.29, 0.717) is 48.9 Å². The standard InChI is InChI=1S/C16H23ClN2O4S/c1-4-24(21,22)19-7-5-6-18(8-9-19)16(20)14-11-13(17)10-12(2)15(14)23-3/h10-11H,4-9H2,1-3H3. The first-order valence-electron chi connectivity index (χ1n) is 7.91. The number of rotatable bonds is 4. The third-order valence-corrected chi connectivity index (χ3v) is 6.27. The topological polar surface area (TPSA) is 66.9 Å². The Balaban J connectivity index is 2.23. The number of methoxy groups -OCH3 is 1. The van der Waals surface area contributed by atoms with E-state index in [4.69, 9.17) is 16.3 Å². The first-order chi connectivity index (χ1) is 11.3. The first-order valence-corrected chi connectivity index (χ1v) is 9.90. The van der Waals surface area contributed by atoms with Gasteiger partial charge in [-0.25, -0.2) is 12.7 Å². The lowest BCUT2D eigenvalue weighted by atomic mass is 10.1. The van der Waals surface area contributed by atoms with E-state index >= 15 is 0 Å². The highest BCUT2D eigenvalue weighted by molar-refractivity contribution is 7.89. The summed E-state index contributed by atoms with van der Waals surface area (Å²) in [4.78, 5) is 14.5. The maximum atomic E-state index is 12.9. The first kappa shape index (κ1) is 19.0. The minimum Gasteiger partial charge on any atom is -0.496 e. The molecule has 2 rings (SSSR count). The fraction of sp³-hybridized carbons (Fsp3) is 0.562. The molecule has 0 aromatic heterocycles. The van der Waals surface area contributed by atoms with Gasteiger partial charge >= 0.3 is 0 Å². The Morgan fingerprint density at radius 1 is 1.25 bits per heavy atom. The quantitative estimate of drug-likeness (QED) is 0.809. The third-order valence-electron chi connectivity index (χ3n) is 4.17. The van der Waals surface area contributed by atoms with Crippen LogP contribution in [0.2, 0.25) is 5.02 Å². The summed E-state index contributed by atoms with van der Waals surface area (Å²) in [6.07, 6.45) is 0.604. The van der Waals surface area contributed by atoms with Gasteiger partial charge in [-0.1, -0.05) is 11.6 Å². The lowest BCUT2D eigenvalue weighted by molar-refractivity contribution is 0.0760. The number of hydrogen-bond donors (Lipinski definition) is 0. The molecule has 0 saturated carbocycles. The van der Waals surface area contributed by atoms with Crippen molar-refractivity contribution in [2.24, 2.45) is 0 Å². The molecular weight excluding hydrogens is 352 g/mol. The lowest BCUT2D eigenvalue weighted by Gasteiger charge is -2.23. The molecule has 0 atom stereocenters. The predicted octanol–water partition coefficient (Wildman–Crippen LogP) is 2.15. The molecule has 1 fully saturated rings. The Kier molecular flexibility index (Phi) is 6.11. The molecule has 0 spiro atoms. The highest BCUT2D eigenvalue weighted by Crippen LogP contribution is 2.29. The Bertz CT molecular complexity index is 721. The number of hydrogen-bond acceptors (Lipinski definition) is 4. The van der Waals surface area contributed by atoms with E-state index in [1.54, 1.807) is 24.0 Å². The molecule has 1 amide bonds. The van der Waals surface area contributed by atoms with Crippen molar-refractivity contribution in [2.45, 2.75) is 20.3 Å². The second-order valence-corrected chi connectivity index (χ2v) is 8.44. The highest BCUT2D eigenvalue weighted by Gasteiger charge is 2.27. The zero-order chi connectivity index (χ0) is 17.9. The van der Waals surface area contributed by atoms with Crippen LogP contribution >= 0.6 is 11.6 Å². The zero-order valence-corrected chi connectivity index (χ0v) is 15.8. The number of benzene rings is 1. The highest BCUT2D eigenvalue weighted by atomic mass is 35.5. The van der Waals surface area contributed by atoms with Crippen molar-refractivity contribution < 1.29 is 17.9 Å². The molecule has 1 saturated heterocycles. The molecule has 1 aromatic carbocycles. The van der Waals surface area contributed by atoms with Crippen molar-refractivity contribution in [1.29, 1.82) is 0 Å². The van der Waals surface area contributed by atoms with Crippen molar-refractivity contribution in [3.05, 3.63) is 28.3 Å². The molecule has 0 bridgehead atoms. The van der Waals surface area contributed by atoms with Crippen LogP contribution < -0.4 is 4.74 Å². The smallest absolute Gasteiger partial charge is 0.257 e. The molecule has 0 aliphatic carbocycles. The van der Waals surface area contributed by atoms with Crippen LogP contribution in [0.4, 0.5) is 0 Å². The van der Waals surface area contributed by atoms with Gasteiger partial charge in [0.2, 0.25) is 10.0 Å². The summed E-state index contributed by atoms with van der Waals surface area (Å²) in [7, 11) is -1.72. The van der Waals surface area contributed by atoms with Crippen LogP contribution in [0.5, 0.6) is 5.75 Å². The number of nitrogens with zero attached hydrogens (tertiary/aromatic N) is 2. The normalized spacial score (nSPS) is 16.8. The molecule has 6 nitrogen and oxygen atoms in total.